The summed E-state index contributed by atoms with van der Waals surface area (Å²) in [6, 6.07) is 5.20. The molecule has 0 saturated heterocycles. The Morgan fingerprint density at radius 2 is 2.28 bits per heavy atom. The van der Waals surface area contributed by atoms with Gasteiger partial charge in [0.15, 0.2) is 0 Å². The van der Waals surface area contributed by atoms with Crippen LogP contribution in [-0.4, -0.2) is 21.8 Å². The van der Waals surface area contributed by atoms with Crippen LogP contribution in [0.3, 0.4) is 0 Å². The van der Waals surface area contributed by atoms with E-state index in [1.165, 1.54) is 13.1 Å². The normalized spacial score (nSPS) is 12.8. The number of alkyl halides is 1. The number of carbonyl (C=O) groups is 1. The molecule has 2 rings (SSSR count). The summed E-state index contributed by atoms with van der Waals surface area (Å²) in [6.45, 7) is 1.92. The maximum atomic E-state index is 12.9. The van der Waals surface area contributed by atoms with Crippen LogP contribution < -0.4 is 0 Å². The fourth-order valence-electron chi connectivity index (χ4n) is 1.97. The lowest BCUT2D eigenvalue weighted by Gasteiger charge is -2.05. The number of fused-ring (bicyclic) bond motifs is 1. The lowest BCUT2D eigenvalue weighted by Crippen LogP contribution is -2.02. The molecule has 1 N–H and O–H groups in total. The van der Waals surface area contributed by atoms with Crippen LogP contribution in [0.25, 0.3) is 10.9 Å². The molecule has 0 bridgehead atoms. The SMILES string of the molecule is CC(F)CCn1cc(C(=O)O)c2c(Cl)cccc21. The molecule has 1 atom stereocenters. The molecule has 0 spiro atoms. The number of aryl methyl sites for hydroxylation is 1. The number of carboxylic acids is 1. The van der Waals surface area contributed by atoms with Gasteiger partial charge in [0.2, 0.25) is 0 Å². The smallest absolute Gasteiger partial charge is 0.337 e. The molecule has 1 aromatic heterocycles. The Labute approximate surface area is 109 Å². The molecule has 2 aromatic rings. The summed E-state index contributed by atoms with van der Waals surface area (Å²) in [7, 11) is 0. The lowest BCUT2D eigenvalue weighted by atomic mass is 10.2. The number of halogens is 2. The quantitative estimate of drug-likeness (QED) is 0.919. The standard InChI is InChI=1S/C13H13ClFNO2/c1-8(15)5-6-16-7-9(13(17)18)12-10(14)3-2-4-11(12)16/h2-4,7-8H,5-6H2,1H3,(H,17,18). The van der Waals surface area contributed by atoms with Crippen LogP contribution in [0.15, 0.2) is 24.4 Å². The van der Waals surface area contributed by atoms with E-state index in [-0.39, 0.29) is 5.56 Å². The molecule has 3 nitrogen and oxygen atoms in total. The second-order valence-electron chi connectivity index (χ2n) is 4.24. The summed E-state index contributed by atoms with van der Waals surface area (Å²) in [6.07, 6.45) is 0.936. The van der Waals surface area contributed by atoms with Crippen LogP contribution in [0.4, 0.5) is 4.39 Å². The minimum absolute atomic E-state index is 0.155. The van der Waals surface area contributed by atoms with Crippen LogP contribution >= 0.6 is 11.6 Å². The van der Waals surface area contributed by atoms with Gasteiger partial charge in [-0.05, 0) is 25.5 Å². The highest BCUT2D eigenvalue weighted by Gasteiger charge is 2.16. The van der Waals surface area contributed by atoms with Gasteiger partial charge in [0.1, 0.15) is 0 Å². The maximum absolute atomic E-state index is 12.9. The zero-order chi connectivity index (χ0) is 13.3. The first-order chi connectivity index (χ1) is 8.50. The number of carboxylic acid groups (broad SMARTS) is 1. The highest BCUT2D eigenvalue weighted by molar-refractivity contribution is 6.36. The predicted molar refractivity (Wildman–Crippen MR) is 69.1 cm³/mol. The Bertz CT molecular complexity index is 592. The molecule has 0 aliphatic heterocycles. The van der Waals surface area contributed by atoms with E-state index in [0.29, 0.717) is 23.4 Å². The van der Waals surface area contributed by atoms with Crippen LogP contribution in [0, 0.1) is 0 Å². The van der Waals surface area contributed by atoms with Gasteiger partial charge in [-0.2, -0.15) is 0 Å². The van der Waals surface area contributed by atoms with E-state index in [0.717, 1.165) is 5.52 Å². The lowest BCUT2D eigenvalue weighted by molar-refractivity contribution is 0.0699. The first kappa shape index (κ1) is 12.9. The van der Waals surface area contributed by atoms with Gasteiger partial charge in [0.05, 0.1) is 22.3 Å². The first-order valence-corrected chi connectivity index (χ1v) is 6.03. The molecule has 0 aliphatic rings. The topological polar surface area (TPSA) is 42.2 Å². The predicted octanol–water partition coefficient (Wildman–Crippen LogP) is 3.74. The van der Waals surface area contributed by atoms with Crippen molar-refractivity contribution in [3.63, 3.8) is 0 Å². The molecule has 5 heteroatoms. The summed E-state index contributed by atoms with van der Waals surface area (Å²) in [5.41, 5.74) is 0.877. The van der Waals surface area contributed by atoms with Crippen LogP contribution in [-0.2, 0) is 6.54 Å². The number of benzene rings is 1. The largest absolute Gasteiger partial charge is 0.478 e. The second-order valence-corrected chi connectivity index (χ2v) is 4.65. The first-order valence-electron chi connectivity index (χ1n) is 5.65. The third kappa shape index (κ3) is 2.34. The Hall–Kier alpha value is -1.55. The third-order valence-corrected chi connectivity index (χ3v) is 3.17. The van der Waals surface area contributed by atoms with Gasteiger partial charge in [-0.3, -0.25) is 0 Å². The van der Waals surface area contributed by atoms with Gasteiger partial charge < -0.3 is 9.67 Å². The zero-order valence-electron chi connectivity index (χ0n) is 9.86. The molecule has 0 amide bonds. The van der Waals surface area contributed by atoms with Gasteiger partial charge in [-0.1, -0.05) is 17.7 Å². The number of nitrogens with zero attached hydrogens (tertiary/aromatic N) is 1. The zero-order valence-corrected chi connectivity index (χ0v) is 10.6. The molecular formula is C13H13ClFNO2. The van der Waals surface area contributed by atoms with Crippen molar-refractivity contribution in [2.75, 3.05) is 0 Å². The van der Waals surface area contributed by atoms with Crippen molar-refractivity contribution in [2.24, 2.45) is 0 Å². The summed E-state index contributed by atoms with van der Waals surface area (Å²) in [4.78, 5) is 11.2. The molecule has 1 unspecified atom stereocenters. The van der Waals surface area contributed by atoms with E-state index in [9.17, 15) is 9.18 Å². The van der Waals surface area contributed by atoms with Crippen molar-refractivity contribution in [3.05, 3.63) is 35.0 Å². The Kier molecular flexibility index (Phi) is 3.57. The molecular weight excluding hydrogens is 257 g/mol. The van der Waals surface area contributed by atoms with Gasteiger partial charge in [-0.15, -0.1) is 0 Å². The minimum atomic E-state index is -1.03. The van der Waals surface area contributed by atoms with Crippen molar-refractivity contribution in [2.45, 2.75) is 26.1 Å². The van der Waals surface area contributed by atoms with E-state index < -0.39 is 12.1 Å². The molecule has 0 aliphatic carbocycles. The highest BCUT2D eigenvalue weighted by atomic mass is 35.5. The summed E-state index contributed by atoms with van der Waals surface area (Å²) in [5, 5.41) is 10.1. The fraction of sp³-hybridized carbons (Fsp3) is 0.308. The Morgan fingerprint density at radius 3 is 2.89 bits per heavy atom. The molecule has 1 heterocycles. The average Bonchev–Trinajstić information content (AvgIpc) is 2.67. The highest BCUT2D eigenvalue weighted by Crippen LogP contribution is 2.29. The van der Waals surface area contributed by atoms with Gasteiger partial charge >= 0.3 is 5.97 Å². The van der Waals surface area contributed by atoms with Crippen molar-refractivity contribution >= 4 is 28.5 Å². The van der Waals surface area contributed by atoms with E-state index >= 15 is 0 Å². The Balaban J connectivity index is 2.54. The number of rotatable bonds is 4. The van der Waals surface area contributed by atoms with Crippen LogP contribution in [0.2, 0.25) is 5.02 Å². The number of hydrogen-bond donors (Lipinski definition) is 1. The van der Waals surface area contributed by atoms with Gasteiger partial charge in [0, 0.05) is 18.1 Å². The number of hydrogen-bond acceptors (Lipinski definition) is 1. The van der Waals surface area contributed by atoms with E-state index in [1.54, 1.807) is 22.8 Å². The molecule has 18 heavy (non-hydrogen) atoms. The van der Waals surface area contributed by atoms with Crippen LogP contribution in [0.5, 0.6) is 0 Å². The summed E-state index contributed by atoms with van der Waals surface area (Å²) < 4.78 is 14.6. The number of aromatic carboxylic acids is 1. The van der Waals surface area contributed by atoms with Crippen molar-refractivity contribution in [1.29, 1.82) is 0 Å². The van der Waals surface area contributed by atoms with E-state index in [2.05, 4.69) is 0 Å². The minimum Gasteiger partial charge on any atom is -0.478 e. The van der Waals surface area contributed by atoms with E-state index in [4.69, 9.17) is 16.7 Å². The van der Waals surface area contributed by atoms with Gasteiger partial charge in [0.25, 0.3) is 0 Å². The van der Waals surface area contributed by atoms with Crippen LogP contribution in [0.1, 0.15) is 23.7 Å². The maximum Gasteiger partial charge on any atom is 0.337 e. The van der Waals surface area contributed by atoms with E-state index in [1.807, 2.05) is 0 Å². The molecule has 0 fully saturated rings. The number of aromatic nitrogens is 1. The second kappa shape index (κ2) is 4.98. The molecule has 96 valence electrons. The molecule has 0 radical (unpaired) electrons. The third-order valence-electron chi connectivity index (χ3n) is 2.85. The molecule has 1 aromatic carbocycles. The average molecular weight is 270 g/mol. The summed E-state index contributed by atoms with van der Waals surface area (Å²) in [5.74, 6) is -1.03. The van der Waals surface area contributed by atoms with Crippen molar-refractivity contribution in [1.82, 2.24) is 4.57 Å². The van der Waals surface area contributed by atoms with Crippen molar-refractivity contribution < 1.29 is 14.3 Å². The monoisotopic (exact) mass is 269 g/mol. The fourth-order valence-corrected chi connectivity index (χ4v) is 2.24. The Morgan fingerprint density at radius 1 is 1.56 bits per heavy atom. The van der Waals surface area contributed by atoms with Crippen molar-refractivity contribution in [3.8, 4) is 0 Å². The molecule has 0 saturated carbocycles. The van der Waals surface area contributed by atoms with Gasteiger partial charge in [-0.25, -0.2) is 9.18 Å². The summed E-state index contributed by atoms with van der Waals surface area (Å²) >= 11 is 6.03.